The van der Waals surface area contributed by atoms with Gasteiger partial charge in [-0.15, -0.1) is 0 Å². The molecule has 1 fully saturated rings. The van der Waals surface area contributed by atoms with Crippen LogP contribution in [0.15, 0.2) is 16.8 Å². The highest BCUT2D eigenvalue weighted by Crippen LogP contribution is 2.14. The highest BCUT2D eigenvalue weighted by Gasteiger charge is 2.17. The minimum Gasteiger partial charge on any atom is -0.462 e. The van der Waals surface area contributed by atoms with Gasteiger partial charge in [0.15, 0.2) is 0 Å². The Morgan fingerprint density at radius 1 is 1.57 bits per heavy atom. The second-order valence-corrected chi connectivity index (χ2v) is 4.87. The first-order valence-corrected chi connectivity index (χ1v) is 7.23. The first-order valence-electron chi connectivity index (χ1n) is 7.23. The molecule has 1 aliphatic rings. The summed E-state index contributed by atoms with van der Waals surface area (Å²) in [5, 5.41) is 3.11. The monoisotopic (exact) mass is 292 g/mol. The topological polar surface area (TPSA) is 80.0 Å². The number of nitrogens with zero attached hydrogens (tertiary/aromatic N) is 2. The van der Waals surface area contributed by atoms with Crippen molar-refractivity contribution in [2.75, 3.05) is 32.9 Å². The van der Waals surface area contributed by atoms with Gasteiger partial charge in [-0.25, -0.2) is 9.79 Å². The van der Waals surface area contributed by atoms with Crippen molar-refractivity contribution in [3.05, 3.63) is 11.8 Å². The molecule has 1 rings (SSSR count). The summed E-state index contributed by atoms with van der Waals surface area (Å²) < 4.78 is 4.94. The van der Waals surface area contributed by atoms with Crippen LogP contribution in [-0.4, -0.2) is 50.0 Å². The van der Waals surface area contributed by atoms with E-state index in [1.807, 2.05) is 0 Å². The highest BCUT2D eigenvalue weighted by molar-refractivity contribution is 6.09. The Morgan fingerprint density at radius 2 is 2.29 bits per heavy atom. The Morgan fingerprint density at radius 3 is 2.86 bits per heavy atom. The number of esters is 1. The van der Waals surface area contributed by atoms with E-state index >= 15 is 0 Å². The van der Waals surface area contributed by atoms with Crippen LogP contribution < -0.4 is 11.1 Å². The molecule has 116 valence electrons. The second kappa shape index (κ2) is 9.97. The lowest BCUT2D eigenvalue weighted by Crippen LogP contribution is -2.40. The van der Waals surface area contributed by atoms with Crippen molar-refractivity contribution < 1.29 is 9.53 Å². The lowest BCUT2D eigenvalue weighted by atomic mass is 9.97. The van der Waals surface area contributed by atoms with Crippen molar-refractivity contribution in [1.29, 1.82) is 0 Å². The zero-order valence-corrected chi connectivity index (χ0v) is 12.5. The maximum atomic E-state index is 11.7. The number of hydrogen-bond donors (Lipinski definition) is 2. The predicted molar refractivity (Wildman–Crippen MR) is 83.4 cm³/mol. The van der Waals surface area contributed by atoms with Crippen LogP contribution in [-0.2, 0) is 9.53 Å². The van der Waals surface area contributed by atoms with E-state index in [1.165, 1.54) is 6.21 Å². The molecular weight excluding hydrogens is 268 g/mol. The fraction of sp³-hybridized carbons (Fsp3) is 0.600. The van der Waals surface area contributed by atoms with Crippen molar-refractivity contribution in [3.8, 4) is 12.5 Å². The molecule has 0 amide bonds. The van der Waals surface area contributed by atoms with E-state index in [1.54, 1.807) is 13.1 Å². The molecule has 0 spiro atoms. The van der Waals surface area contributed by atoms with Crippen LogP contribution in [0.1, 0.15) is 19.8 Å². The molecule has 0 unspecified atom stereocenters. The van der Waals surface area contributed by atoms with E-state index in [2.05, 4.69) is 21.3 Å². The normalized spacial score (nSPS) is 17.7. The van der Waals surface area contributed by atoms with E-state index in [0.717, 1.165) is 32.5 Å². The van der Waals surface area contributed by atoms with Gasteiger partial charge in [-0.2, -0.15) is 0 Å². The summed E-state index contributed by atoms with van der Waals surface area (Å²) in [6.07, 6.45) is 10.2. The Hall–Kier alpha value is -1.84. The molecule has 0 aromatic carbocycles. The van der Waals surface area contributed by atoms with Crippen LogP contribution in [0.2, 0.25) is 0 Å². The van der Waals surface area contributed by atoms with E-state index in [4.69, 9.17) is 16.9 Å². The zero-order valence-electron chi connectivity index (χ0n) is 12.5. The van der Waals surface area contributed by atoms with Crippen molar-refractivity contribution in [2.24, 2.45) is 16.6 Å². The fourth-order valence-corrected chi connectivity index (χ4v) is 2.14. The van der Waals surface area contributed by atoms with Gasteiger partial charge in [0.25, 0.3) is 0 Å². The number of ether oxygens (including phenoxy) is 1. The smallest absolute Gasteiger partial charge is 0.341 e. The van der Waals surface area contributed by atoms with Gasteiger partial charge >= 0.3 is 5.97 Å². The van der Waals surface area contributed by atoms with Crippen LogP contribution in [0.5, 0.6) is 0 Å². The molecular formula is C15H24N4O2. The van der Waals surface area contributed by atoms with E-state index in [0.29, 0.717) is 24.8 Å². The maximum absolute atomic E-state index is 11.7. The second-order valence-electron chi connectivity index (χ2n) is 4.87. The summed E-state index contributed by atoms with van der Waals surface area (Å²) in [5.41, 5.74) is 5.98. The number of terminal acetylenes is 1. The average molecular weight is 292 g/mol. The lowest BCUT2D eigenvalue weighted by Gasteiger charge is -2.31. The van der Waals surface area contributed by atoms with Gasteiger partial charge in [-0.1, -0.05) is 6.42 Å². The van der Waals surface area contributed by atoms with Crippen molar-refractivity contribution in [2.45, 2.75) is 19.8 Å². The molecule has 0 atom stereocenters. The van der Waals surface area contributed by atoms with Gasteiger partial charge in [-0.3, -0.25) is 4.90 Å². The zero-order chi connectivity index (χ0) is 15.5. The molecule has 0 aromatic rings. The first-order chi connectivity index (χ1) is 10.2. The Labute approximate surface area is 126 Å². The number of aliphatic imine (C=N–C) groups is 1. The average Bonchev–Trinajstić information content (AvgIpc) is 2.51. The summed E-state index contributed by atoms with van der Waals surface area (Å²) in [7, 11) is 0. The van der Waals surface area contributed by atoms with Crippen molar-refractivity contribution >= 4 is 12.2 Å². The summed E-state index contributed by atoms with van der Waals surface area (Å²) in [6.45, 7) is 5.52. The van der Waals surface area contributed by atoms with Gasteiger partial charge in [0, 0.05) is 25.3 Å². The highest BCUT2D eigenvalue weighted by atomic mass is 16.5. The number of nitrogens with two attached hydrogens (primary N) is 1. The number of carbonyl (C=O) groups excluding carboxylic acids is 1. The molecule has 0 radical (unpaired) electrons. The van der Waals surface area contributed by atoms with E-state index < -0.39 is 5.97 Å². The number of hydrogen-bond acceptors (Lipinski definition) is 6. The summed E-state index contributed by atoms with van der Waals surface area (Å²) >= 11 is 0. The summed E-state index contributed by atoms with van der Waals surface area (Å²) in [5.74, 6) is 0.195. The minimum absolute atomic E-state index is 0.312. The molecule has 21 heavy (non-hydrogen) atoms. The van der Waals surface area contributed by atoms with E-state index in [9.17, 15) is 4.79 Å². The van der Waals surface area contributed by atoms with Crippen molar-refractivity contribution in [1.82, 2.24) is 10.2 Å². The number of rotatable bonds is 7. The van der Waals surface area contributed by atoms with Crippen LogP contribution in [0, 0.1) is 18.4 Å². The molecule has 0 aromatic heterocycles. The van der Waals surface area contributed by atoms with Crippen molar-refractivity contribution in [3.63, 3.8) is 0 Å². The molecule has 0 bridgehead atoms. The standard InChI is InChI=1S/C15H24N4O2/c1-3-17-10-14(15(20)21-4-2)11-18-12-19-7-5-13(9-16)6-8-19/h1,10-11,13,18H,4-9,12,16H2,2H3/b14-11+,17-10?. The molecule has 1 heterocycles. The Balaban J connectivity index is 2.45. The minimum atomic E-state index is -0.439. The Kier molecular flexibility index (Phi) is 8.17. The quantitative estimate of drug-likeness (QED) is 0.306. The van der Waals surface area contributed by atoms with E-state index in [-0.39, 0.29) is 0 Å². The summed E-state index contributed by atoms with van der Waals surface area (Å²) in [4.78, 5) is 17.6. The predicted octanol–water partition coefficient (Wildman–Crippen LogP) is 0.313. The lowest BCUT2D eigenvalue weighted by molar-refractivity contribution is -0.137. The van der Waals surface area contributed by atoms with Crippen LogP contribution in [0.4, 0.5) is 0 Å². The number of nitrogens with one attached hydrogen (secondary N) is 1. The number of piperidine rings is 1. The van der Waals surface area contributed by atoms with Gasteiger partial charge in [0.2, 0.25) is 0 Å². The maximum Gasteiger partial charge on any atom is 0.341 e. The SMILES string of the molecule is C#CN=C/C(=C\NCN1CCC(CN)CC1)C(=O)OCC. The molecule has 3 N–H and O–H groups in total. The molecule has 1 aliphatic heterocycles. The number of likely N-dealkylation sites (tertiary alicyclic amines) is 1. The molecule has 1 saturated heterocycles. The van der Waals surface area contributed by atoms with Crippen LogP contribution in [0.3, 0.4) is 0 Å². The van der Waals surface area contributed by atoms with Gasteiger partial charge in [0.1, 0.15) is 0 Å². The third kappa shape index (κ3) is 6.43. The van der Waals surface area contributed by atoms with Gasteiger partial charge in [0.05, 0.1) is 25.1 Å². The van der Waals surface area contributed by atoms with Gasteiger partial charge < -0.3 is 15.8 Å². The molecule has 0 saturated carbocycles. The number of carbonyl (C=O) groups is 1. The molecule has 6 heteroatoms. The fourth-order valence-electron chi connectivity index (χ4n) is 2.14. The van der Waals surface area contributed by atoms with Crippen LogP contribution in [0.25, 0.3) is 0 Å². The molecule has 6 nitrogen and oxygen atoms in total. The third-order valence-corrected chi connectivity index (χ3v) is 3.40. The first kappa shape index (κ1) is 17.2. The Bertz CT molecular complexity index is 418. The van der Waals surface area contributed by atoms with Crippen LogP contribution >= 0.6 is 0 Å². The summed E-state index contributed by atoms with van der Waals surface area (Å²) in [6, 6.07) is 2.12. The van der Waals surface area contributed by atoms with Gasteiger partial charge in [-0.05, 0) is 32.2 Å². The molecule has 0 aliphatic carbocycles. The largest absolute Gasteiger partial charge is 0.462 e. The third-order valence-electron chi connectivity index (χ3n) is 3.40.